The van der Waals surface area contributed by atoms with E-state index in [0.29, 0.717) is 0 Å². The van der Waals surface area contributed by atoms with Crippen LogP contribution in [0.25, 0.3) is 11.0 Å². The van der Waals surface area contributed by atoms with E-state index in [0.717, 1.165) is 33.8 Å². The van der Waals surface area contributed by atoms with E-state index in [1.165, 1.54) is 4.88 Å². The number of hydrogen-bond donors (Lipinski definition) is 0. The Morgan fingerprint density at radius 1 is 1.29 bits per heavy atom. The van der Waals surface area contributed by atoms with Crippen molar-refractivity contribution in [3.63, 3.8) is 0 Å². The van der Waals surface area contributed by atoms with Crippen molar-refractivity contribution in [3.8, 4) is 0 Å². The van der Waals surface area contributed by atoms with Gasteiger partial charge in [-0.1, -0.05) is 12.1 Å². The fraction of sp³-hybridized carbons (Fsp3) is 0.400. The molecule has 0 bridgehead atoms. The van der Waals surface area contributed by atoms with Crippen LogP contribution in [0.4, 0.5) is 0 Å². The van der Waals surface area contributed by atoms with E-state index in [-0.39, 0.29) is 6.04 Å². The van der Waals surface area contributed by atoms with E-state index in [2.05, 4.69) is 54.1 Å². The molecule has 5 nitrogen and oxygen atoms in total. The standard InChI is InChI=1S/C15H18N4OS/c1-9(14-10(2)21-11(3)16-14)19(4)8-12-6-5-7-13-15(12)18-20-17-13/h5-7,9H,8H2,1-4H3/t9-/m1/s1. The first-order valence-electron chi connectivity index (χ1n) is 6.90. The van der Waals surface area contributed by atoms with Gasteiger partial charge < -0.3 is 0 Å². The molecule has 0 saturated heterocycles. The monoisotopic (exact) mass is 302 g/mol. The SMILES string of the molecule is Cc1nc([C@@H](C)N(C)Cc2cccc3nonc23)c(C)s1. The highest BCUT2D eigenvalue weighted by Gasteiger charge is 2.19. The molecule has 0 radical (unpaired) electrons. The normalized spacial score (nSPS) is 13.2. The number of hydrogen-bond acceptors (Lipinski definition) is 6. The van der Waals surface area contributed by atoms with E-state index in [1.54, 1.807) is 11.3 Å². The fourth-order valence-electron chi connectivity index (χ4n) is 2.54. The zero-order valence-electron chi connectivity index (χ0n) is 12.6. The van der Waals surface area contributed by atoms with E-state index in [9.17, 15) is 0 Å². The smallest absolute Gasteiger partial charge is 0.139 e. The average molecular weight is 302 g/mol. The fourth-order valence-corrected chi connectivity index (χ4v) is 3.44. The summed E-state index contributed by atoms with van der Waals surface area (Å²) >= 11 is 1.75. The molecule has 2 aromatic heterocycles. The molecule has 2 heterocycles. The van der Waals surface area contributed by atoms with Gasteiger partial charge in [0.25, 0.3) is 0 Å². The van der Waals surface area contributed by atoms with Gasteiger partial charge in [-0.15, -0.1) is 11.3 Å². The number of rotatable bonds is 4. The van der Waals surface area contributed by atoms with Crippen molar-refractivity contribution < 1.29 is 4.63 Å². The van der Waals surface area contributed by atoms with Crippen molar-refractivity contribution in [3.05, 3.63) is 39.3 Å². The van der Waals surface area contributed by atoms with Crippen molar-refractivity contribution in [2.24, 2.45) is 0 Å². The lowest BCUT2D eigenvalue weighted by Gasteiger charge is -2.24. The second-order valence-electron chi connectivity index (χ2n) is 5.31. The van der Waals surface area contributed by atoms with Gasteiger partial charge in [0.15, 0.2) is 0 Å². The third kappa shape index (κ3) is 2.69. The van der Waals surface area contributed by atoms with Gasteiger partial charge in [0.2, 0.25) is 0 Å². The first-order chi connectivity index (χ1) is 10.1. The molecule has 1 aromatic carbocycles. The maximum Gasteiger partial charge on any atom is 0.139 e. The number of aryl methyl sites for hydroxylation is 2. The summed E-state index contributed by atoms with van der Waals surface area (Å²) in [5.74, 6) is 0. The van der Waals surface area contributed by atoms with Crippen LogP contribution in [-0.4, -0.2) is 27.2 Å². The van der Waals surface area contributed by atoms with Crippen molar-refractivity contribution in [1.29, 1.82) is 0 Å². The number of fused-ring (bicyclic) bond motifs is 1. The van der Waals surface area contributed by atoms with Gasteiger partial charge in [0.1, 0.15) is 11.0 Å². The molecule has 0 amide bonds. The molecule has 0 unspecified atom stereocenters. The minimum Gasteiger partial charge on any atom is -0.294 e. The van der Waals surface area contributed by atoms with Gasteiger partial charge in [0, 0.05) is 11.4 Å². The molecule has 1 atom stereocenters. The minimum absolute atomic E-state index is 0.255. The Hall–Kier alpha value is -1.79. The molecule has 3 rings (SSSR count). The zero-order chi connectivity index (χ0) is 15.0. The quantitative estimate of drug-likeness (QED) is 0.738. The molecule has 0 spiro atoms. The van der Waals surface area contributed by atoms with E-state index >= 15 is 0 Å². The van der Waals surface area contributed by atoms with Crippen LogP contribution in [0.3, 0.4) is 0 Å². The lowest BCUT2D eigenvalue weighted by atomic mass is 10.1. The maximum atomic E-state index is 4.83. The topological polar surface area (TPSA) is 55.1 Å². The lowest BCUT2D eigenvalue weighted by Crippen LogP contribution is -2.23. The summed E-state index contributed by atoms with van der Waals surface area (Å²) in [6.45, 7) is 7.15. The van der Waals surface area contributed by atoms with Crippen LogP contribution >= 0.6 is 11.3 Å². The van der Waals surface area contributed by atoms with Gasteiger partial charge in [-0.25, -0.2) is 9.61 Å². The van der Waals surface area contributed by atoms with Crippen molar-refractivity contribution >= 4 is 22.4 Å². The Morgan fingerprint density at radius 3 is 2.81 bits per heavy atom. The summed E-state index contributed by atoms with van der Waals surface area (Å²) in [6.07, 6.45) is 0. The minimum atomic E-state index is 0.255. The summed E-state index contributed by atoms with van der Waals surface area (Å²) in [5, 5.41) is 9.01. The van der Waals surface area contributed by atoms with Crippen molar-refractivity contribution in [1.82, 2.24) is 20.2 Å². The molecular weight excluding hydrogens is 284 g/mol. The largest absolute Gasteiger partial charge is 0.294 e. The highest BCUT2D eigenvalue weighted by Crippen LogP contribution is 2.27. The molecule has 110 valence electrons. The van der Waals surface area contributed by atoms with Crippen LogP contribution in [0.15, 0.2) is 22.8 Å². The molecule has 0 aliphatic heterocycles. The third-order valence-corrected chi connectivity index (χ3v) is 4.69. The molecule has 0 N–H and O–H groups in total. The van der Waals surface area contributed by atoms with E-state index in [1.807, 2.05) is 12.1 Å². The molecule has 0 aliphatic carbocycles. The molecule has 6 heteroatoms. The Kier molecular flexibility index (Phi) is 3.73. The lowest BCUT2D eigenvalue weighted by molar-refractivity contribution is 0.249. The van der Waals surface area contributed by atoms with Crippen molar-refractivity contribution in [2.45, 2.75) is 33.4 Å². The van der Waals surface area contributed by atoms with Crippen LogP contribution in [0.5, 0.6) is 0 Å². The third-order valence-electron chi connectivity index (χ3n) is 3.79. The Balaban J connectivity index is 1.84. The van der Waals surface area contributed by atoms with Crippen LogP contribution in [0.2, 0.25) is 0 Å². The van der Waals surface area contributed by atoms with Crippen LogP contribution in [-0.2, 0) is 6.54 Å². The number of benzene rings is 1. The summed E-state index contributed by atoms with van der Waals surface area (Å²) in [6, 6.07) is 6.21. The van der Waals surface area contributed by atoms with Crippen LogP contribution < -0.4 is 0 Å². The Bertz CT molecular complexity index is 764. The van der Waals surface area contributed by atoms with Crippen LogP contribution in [0, 0.1) is 13.8 Å². The van der Waals surface area contributed by atoms with Gasteiger partial charge in [0.05, 0.1) is 16.7 Å². The maximum absolute atomic E-state index is 4.83. The van der Waals surface area contributed by atoms with Crippen molar-refractivity contribution in [2.75, 3.05) is 7.05 Å². The average Bonchev–Trinajstić information content (AvgIpc) is 3.04. The Morgan fingerprint density at radius 2 is 2.10 bits per heavy atom. The molecule has 0 saturated carbocycles. The predicted octanol–water partition coefficient (Wildman–Crippen LogP) is 3.49. The van der Waals surface area contributed by atoms with Gasteiger partial charge in [-0.2, -0.15) is 0 Å². The first kappa shape index (κ1) is 14.2. The second-order valence-corrected chi connectivity index (χ2v) is 6.72. The number of nitrogens with zero attached hydrogens (tertiary/aromatic N) is 4. The Labute approximate surface area is 127 Å². The summed E-state index contributed by atoms with van der Waals surface area (Å²) in [4.78, 5) is 8.21. The molecule has 0 fully saturated rings. The zero-order valence-corrected chi connectivity index (χ0v) is 13.4. The highest BCUT2D eigenvalue weighted by molar-refractivity contribution is 7.11. The van der Waals surface area contributed by atoms with Crippen LogP contribution in [0.1, 0.15) is 34.1 Å². The first-order valence-corrected chi connectivity index (χ1v) is 7.72. The van der Waals surface area contributed by atoms with Gasteiger partial charge >= 0.3 is 0 Å². The van der Waals surface area contributed by atoms with Gasteiger partial charge in [-0.05, 0) is 49.8 Å². The molecule has 3 aromatic rings. The summed E-state index contributed by atoms with van der Waals surface area (Å²) in [7, 11) is 2.10. The summed E-state index contributed by atoms with van der Waals surface area (Å²) in [5.41, 5.74) is 3.91. The van der Waals surface area contributed by atoms with E-state index in [4.69, 9.17) is 4.63 Å². The number of aromatic nitrogens is 3. The second kappa shape index (κ2) is 5.54. The summed E-state index contributed by atoms with van der Waals surface area (Å²) < 4.78 is 4.83. The number of thiazole rings is 1. The molecule has 21 heavy (non-hydrogen) atoms. The van der Waals surface area contributed by atoms with E-state index < -0.39 is 0 Å². The molecular formula is C15H18N4OS. The predicted molar refractivity (Wildman–Crippen MR) is 83.3 cm³/mol. The van der Waals surface area contributed by atoms with Gasteiger partial charge in [-0.3, -0.25) is 4.90 Å². The molecule has 0 aliphatic rings. The highest BCUT2D eigenvalue weighted by atomic mass is 32.1.